The smallest absolute Gasteiger partial charge is 0.141 e. The number of halogens is 1. The monoisotopic (exact) mass is 224 g/mol. The van der Waals surface area contributed by atoms with Crippen molar-refractivity contribution in [1.29, 1.82) is 0 Å². The number of aromatic nitrogens is 1. The number of nitrogens with zero attached hydrogens (tertiary/aromatic N) is 3. The molecule has 0 atom stereocenters. The highest BCUT2D eigenvalue weighted by atomic mass is 19.1. The highest BCUT2D eigenvalue weighted by Crippen LogP contribution is 2.02. The summed E-state index contributed by atoms with van der Waals surface area (Å²) in [7, 11) is 2.12. The molecule has 1 fully saturated rings. The molecule has 0 aromatic carbocycles. The summed E-state index contributed by atoms with van der Waals surface area (Å²) in [4.78, 5) is 6.11. The first-order chi connectivity index (χ1) is 7.74. The molecule has 0 amide bonds. The van der Waals surface area contributed by atoms with Gasteiger partial charge in [0.2, 0.25) is 0 Å². The van der Waals surface area contributed by atoms with Gasteiger partial charge in [-0.2, -0.15) is 0 Å². The number of piperazine rings is 1. The van der Waals surface area contributed by atoms with Crippen LogP contribution in [-0.4, -0.2) is 48.1 Å². The fourth-order valence-electron chi connectivity index (χ4n) is 1.72. The molecule has 1 aromatic rings. The summed E-state index contributed by atoms with van der Waals surface area (Å²) in [6.45, 7) is 4.76. The quantitative estimate of drug-likeness (QED) is 0.809. The Labute approximate surface area is 95.0 Å². The van der Waals surface area contributed by atoms with Crippen LogP contribution in [-0.2, 0) is 6.54 Å². The summed E-state index contributed by atoms with van der Waals surface area (Å²) in [6.07, 6.45) is 2.91. The average molecular weight is 224 g/mol. The Morgan fingerprint density at radius 2 is 2.06 bits per heavy atom. The number of likely N-dealkylation sites (N-methyl/N-ethyl adjacent to an activating group) is 1. The molecule has 1 aliphatic heterocycles. The second-order valence-electron chi connectivity index (χ2n) is 4.14. The van der Waals surface area contributed by atoms with E-state index in [-0.39, 0.29) is 5.82 Å². The predicted molar refractivity (Wildman–Crippen MR) is 60.1 cm³/mol. The van der Waals surface area contributed by atoms with E-state index >= 15 is 0 Å². The summed E-state index contributed by atoms with van der Waals surface area (Å²) < 4.78 is 12.9. The summed E-state index contributed by atoms with van der Waals surface area (Å²) in [6, 6.07) is 1.51. The number of rotatable bonds is 3. The molecular weight excluding hydrogens is 207 g/mol. The maximum atomic E-state index is 12.9. The molecule has 0 spiro atoms. The van der Waals surface area contributed by atoms with E-state index in [2.05, 4.69) is 27.4 Å². The van der Waals surface area contributed by atoms with Crippen molar-refractivity contribution in [2.75, 3.05) is 33.2 Å². The molecule has 1 aromatic heterocycles. The van der Waals surface area contributed by atoms with Gasteiger partial charge in [0.1, 0.15) is 5.82 Å². The van der Waals surface area contributed by atoms with Gasteiger partial charge in [0.15, 0.2) is 0 Å². The molecule has 2 rings (SSSR count). The van der Waals surface area contributed by atoms with Crippen LogP contribution in [0.25, 0.3) is 0 Å². The van der Waals surface area contributed by atoms with E-state index in [0.29, 0.717) is 6.54 Å². The predicted octanol–water partition coefficient (Wildman–Crippen LogP) is 0.473. The van der Waals surface area contributed by atoms with Gasteiger partial charge in [-0.15, -0.1) is 0 Å². The third-order valence-electron chi connectivity index (χ3n) is 2.77. The van der Waals surface area contributed by atoms with Crippen LogP contribution in [0, 0.1) is 5.82 Å². The van der Waals surface area contributed by atoms with E-state index in [9.17, 15) is 4.39 Å². The third kappa shape index (κ3) is 3.23. The van der Waals surface area contributed by atoms with Crippen LogP contribution in [0.15, 0.2) is 18.5 Å². The number of hydrogen-bond donors (Lipinski definition) is 1. The second kappa shape index (κ2) is 5.34. The third-order valence-corrected chi connectivity index (χ3v) is 2.77. The summed E-state index contributed by atoms with van der Waals surface area (Å²) >= 11 is 0. The first kappa shape index (κ1) is 11.4. The van der Waals surface area contributed by atoms with Crippen LogP contribution >= 0.6 is 0 Å². The zero-order chi connectivity index (χ0) is 11.4. The van der Waals surface area contributed by atoms with Gasteiger partial charge in [-0.25, -0.2) is 9.40 Å². The molecule has 2 heterocycles. The van der Waals surface area contributed by atoms with E-state index in [0.717, 1.165) is 31.7 Å². The van der Waals surface area contributed by atoms with Crippen LogP contribution in [0.4, 0.5) is 4.39 Å². The molecule has 1 saturated heterocycles. The first-order valence-electron chi connectivity index (χ1n) is 5.50. The Morgan fingerprint density at radius 3 is 2.75 bits per heavy atom. The molecule has 5 heteroatoms. The van der Waals surface area contributed by atoms with Crippen molar-refractivity contribution < 1.29 is 4.39 Å². The van der Waals surface area contributed by atoms with Gasteiger partial charge in [-0.05, 0) is 18.7 Å². The van der Waals surface area contributed by atoms with Crippen LogP contribution in [0.3, 0.4) is 0 Å². The molecule has 0 radical (unpaired) electrons. The number of hydrogen-bond acceptors (Lipinski definition) is 4. The lowest BCUT2D eigenvalue weighted by atomic mass is 10.3. The van der Waals surface area contributed by atoms with Gasteiger partial charge in [-0.1, -0.05) is 0 Å². The van der Waals surface area contributed by atoms with Gasteiger partial charge in [0.25, 0.3) is 0 Å². The minimum atomic E-state index is -0.280. The van der Waals surface area contributed by atoms with Gasteiger partial charge in [0, 0.05) is 38.9 Å². The Morgan fingerprint density at radius 1 is 1.31 bits per heavy atom. The molecule has 88 valence electrons. The van der Waals surface area contributed by atoms with E-state index < -0.39 is 0 Å². The molecular formula is C11H17FN4. The molecule has 1 N–H and O–H groups in total. The second-order valence-corrected chi connectivity index (χ2v) is 4.14. The molecule has 0 bridgehead atoms. The lowest BCUT2D eigenvalue weighted by Crippen LogP contribution is -2.50. The summed E-state index contributed by atoms with van der Waals surface area (Å²) in [5.41, 5.74) is 4.16. The molecule has 1 aliphatic rings. The van der Waals surface area contributed by atoms with Crippen molar-refractivity contribution in [3.63, 3.8) is 0 Å². The SMILES string of the molecule is CN1CCN(NCc2cncc(F)c2)CC1. The molecule has 0 aliphatic carbocycles. The number of hydrazine groups is 1. The largest absolute Gasteiger partial charge is 0.304 e. The number of pyridine rings is 1. The topological polar surface area (TPSA) is 31.4 Å². The van der Waals surface area contributed by atoms with Gasteiger partial charge >= 0.3 is 0 Å². The standard InChI is InChI=1S/C11H17FN4/c1-15-2-4-16(5-3-15)14-8-10-6-11(12)9-13-7-10/h6-7,9,14H,2-5,8H2,1H3. The maximum Gasteiger partial charge on any atom is 0.141 e. The van der Waals surface area contributed by atoms with Crippen molar-refractivity contribution in [3.8, 4) is 0 Å². The van der Waals surface area contributed by atoms with E-state index in [4.69, 9.17) is 0 Å². The Balaban J connectivity index is 1.79. The van der Waals surface area contributed by atoms with Crippen LogP contribution in [0.1, 0.15) is 5.56 Å². The lowest BCUT2D eigenvalue weighted by molar-refractivity contribution is 0.102. The molecule has 0 unspecified atom stereocenters. The summed E-state index contributed by atoms with van der Waals surface area (Å²) in [5, 5.41) is 2.17. The lowest BCUT2D eigenvalue weighted by Gasteiger charge is -2.32. The first-order valence-corrected chi connectivity index (χ1v) is 5.50. The number of nitrogens with one attached hydrogen (secondary N) is 1. The maximum absolute atomic E-state index is 12.9. The summed E-state index contributed by atoms with van der Waals surface area (Å²) in [5.74, 6) is -0.280. The van der Waals surface area contributed by atoms with Crippen LogP contribution < -0.4 is 5.43 Å². The van der Waals surface area contributed by atoms with Gasteiger partial charge < -0.3 is 4.90 Å². The highest BCUT2D eigenvalue weighted by Gasteiger charge is 2.12. The van der Waals surface area contributed by atoms with E-state index in [1.165, 1.54) is 12.3 Å². The van der Waals surface area contributed by atoms with Crippen molar-refractivity contribution in [2.45, 2.75) is 6.54 Å². The normalized spacial score (nSPS) is 18.9. The van der Waals surface area contributed by atoms with Crippen LogP contribution in [0.2, 0.25) is 0 Å². The Kier molecular flexibility index (Phi) is 3.82. The van der Waals surface area contributed by atoms with Gasteiger partial charge in [0.05, 0.1) is 6.20 Å². The molecule has 16 heavy (non-hydrogen) atoms. The van der Waals surface area contributed by atoms with Crippen molar-refractivity contribution >= 4 is 0 Å². The van der Waals surface area contributed by atoms with Gasteiger partial charge in [-0.3, -0.25) is 10.4 Å². The molecule has 0 saturated carbocycles. The van der Waals surface area contributed by atoms with Crippen LogP contribution in [0.5, 0.6) is 0 Å². The molecule has 4 nitrogen and oxygen atoms in total. The Hall–Kier alpha value is -1.04. The van der Waals surface area contributed by atoms with Crippen molar-refractivity contribution in [2.24, 2.45) is 0 Å². The van der Waals surface area contributed by atoms with E-state index in [1.54, 1.807) is 6.20 Å². The zero-order valence-electron chi connectivity index (χ0n) is 9.49. The van der Waals surface area contributed by atoms with Crippen molar-refractivity contribution in [1.82, 2.24) is 20.3 Å². The Bertz CT molecular complexity index is 337. The highest BCUT2D eigenvalue weighted by molar-refractivity contribution is 5.09. The zero-order valence-corrected chi connectivity index (χ0v) is 9.49. The van der Waals surface area contributed by atoms with Crippen molar-refractivity contribution in [3.05, 3.63) is 29.8 Å². The minimum absolute atomic E-state index is 0.280. The fourth-order valence-corrected chi connectivity index (χ4v) is 1.72. The van der Waals surface area contributed by atoms with E-state index in [1.807, 2.05) is 0 Å². The fraction of sp³-hybridized carbons (Fsp3) is 0.545. The minimum Gasteiger partial charge on any atom is -0.304 e. The average Bonchev–Trinajstić information content (AvgIpc) is 2.28.